The lowest BCUT2D eigenvalue weighted by Crippen LogP contribution is -2.01. The molecule has 3 heteroatoms. The van der Waals surface area contributed by atoms with Gasteiger partial charge in [0.1, 0.15) is 0 Å². The first kappa shape index (κ1) is 9.82. The van der Waals surface area contributed by atoms with Crippen LogP contribution in [0.2, 0.25) is 0 Å². The van der Waals surface area contributed by atoms with Crippen molar-refractivity contribution in [3.8, 4) is 0 Å². The monoisotopic (exact) mass is 162 g/mol. The van der Waals surface area contributed by atoms with Crippen molar-refractivity contribution in [2.75, 3.05) is 5.75 Å². The minimum Gasteiger partial charge on any atom is -0.481 e. The summed E-state index contributed by atoms with van der Waals surface area (Å²) >= 11 is 4.06. The summed E-state index contributed by atoms with van der Waals surface area (Å²) in [5.41, 5.74) is 0. The Morgan fingerprint density at radius 3 is 2.60 bits per heavy atom. The molecule has 0 saturated heterocycles. The molecular formula is C7H14O2S. The van der Waals surface area contributed by atoms with Crippen molar-refractivity contribution in [1.82, 2.24) is 0 Å². The highest BCUT2D eigenvalue weighted by Gasteiger charge is 2.03. The van der Waals surface area contributed by atoms with Crippen molar-refractivity contribution < 1.29 is 9.90 Å². The Hall–Kier alpha value is -0.180. The van der Waals surface area contributed by atoms with Gasteiger partial charge in [-0.25, -0.2) is 0 Å². The highest BCUT2D eigenvalue weighted by molar-refractivity contribution is 7.80. The van der Waals surface area contributed by atoms with Gasteiger partial charge in [-0.2, -0.15) is 12.6 Å². The second kappa shape index (κ2) is 5.59. The van der Waals surface area contributed by atoms with E-state index in [2.05, 4.69) is 19.6 Å². The predicted molar refractivity (Wildman–Crippen MR) is 44.5 cm³/mol. The third-order valence-corrected chi connectivity index (χ3v) is 1.73. The smallest absolute Gasteiger partial charge is 0.303 e. The molecule has 0 bridgehead atoms. The van der Waals surface area contributed by atoms with Crippen LogP contribution >= 0.6 is 12.6 Å². The zero-order valence-corrected chi connectivity index (χ0v) is 7.10. The first-order valence-corrected chi connectivity index (χ1v) is 4.12. The second-order valence-corrected chi connectivity index (χ2v) is 3.00. The van der Waals surface area contributed by atoms with Crippen molar-refractivity contribution >= 4 is 18.6 Å². The molecule has 0 aromatic carbocycles. The normalized spacial score (nSPS) is 13.0. The SMILES string of the molecule is C[C@H](CCS)CCC(=O)O. The maximum absolute atomic E-state index is 10.1. The molecule has 0 aliphatic carbocycles. The Labute approximate surface area is 67.0 Å². The Morgan fingerprint density at radius 1 is 1.60 bits per heavy atom. The lowest BCUT2D eigenvalue weighted by Gasteiger charge is -2.05. The van der Waals surface area contributed by atoms with Crippen LogP contribution < -0.4 is 0 Å². The van der Waals surface area contributed by atoms with E-state index in [4.69, 9.17) is 5.11 Å². The molecule has 0 fully saturated rings. The predicted octanol–water partition coefficient (Wildman–Crippen LogP) is 1.81. The first-order chi connectivity index (χ1) is 4.66. The zero-order valence-electron chi connectivity index (χ0n) is 6.21. The van der Waals surface area contributed by atoms with Crippen LogP contribution in [0.5, 0.6) is 0 Å². The molecular weight excluding hydrogens is 148 g/mol. The fraction of sp³-hybridized carbons (Fsp3) is 0.857. The van der Waals surface area contributed by atoms with E-state index >= 15 is 0 Å². The molecule has 10 heavy (non-hydrogen) atoms. The van der Waals surface area contributed by atoms with Gasteiger partial charge in [0.05, 0.1) is 0 Å². The molecule has 0 spiro atoms. The van der Waals surface area contributed by atoms with Crippen LogP contribution in [0.1, 0.15) is 26.2 Å². The quantitative estimate of drug-likeness (QED) is 0.605. The number of rotatable bonds is 5. The minimum absolute atomic E-state index is 0.287. The molecule has 0 saturated carbocycles. The van der Waals surface area contributed by atoms with Crippen molar-refractivity contribution in [3.05, 3.63) is 0 Å². The maximum atomic E-state index is 10.1. The molecule has 0 heterocycles. The number of thiol groups is 1. The lowest BCUT2D eigenvalue weighted by molar-refractivity contribution is -0.137. The van der Waals surface area contributed by atoms with Gasteiger partial charge in [0.2, 0.25) is 0 Å². The molecule has 60 valence electrons. The Kier molecular flexibility index (Phi) is 5.49. The van der Waals surface area contributed by atoms with Crippen LogP contribution in [0, 0.1) is 5.92 Å². The van der Waals surface area contributed by atoms with Gasteiger partial charge in [-0.3, -0.25) is 4.79 Å². The molecule has 0 aliphatic rings. The van der Waals surface area contributed by atoms with Gasteiger partial charge in [0.25, 0.3) is 0 Å². The van der Waals surface area contributed by atoms with Crippen molar-refractivity contribution in [2.24, 2.45) is 5.92 Å². The summed E-state index contributed by atoms with van der Waals surface area (Å²) in [6.07, 6.45) is 2.07. The summed E-state index contributed by atoms with van der Waals surface area (Å²) in [6.45, 7) is 2.05. The topological polar surface area (TPSA) is 37.3 Å². The van der Waals surface area contributed by atoms with E-state index in [-0.39, 0.29) is 6.42 Å². The number of carboxylic acids is 1. The van der Waals surface area contributed by atoms with Crippen LogP contribution in [-0.4, -0.2) is 16.8 Å². The van der Waals surface area contributed by atoms with Crippen LogP contribution in [0.4, 0.5) is 0 Å². The zero-order chi connectivity index (χ0) is 7.98. The Morgan fingerprint density at radius 2 is 2.20 bits per heavy atom. The summed E-state index contributed by atoms with van der Waals surface area (Å²) < 4.78 is 0. The molecule has 0 unspecified atom stereocenters. The van der Waals surface area contributed by atoms with E-state index in [0.717, 1.165) is 18.6 Å². The highest BCUT2D eigenvalue weighted by Crippen LogP contribution is 2.10. The second-order valence-electron chi connectivity index (χ2n) is 2.55. The van der Waals surface area contributed by atoms with Gasteiger partial charge in [0, 0.05) is 6.42 Å². The molecule has 1 atom stereocenters. The van der Waals surface area contributed by atoms with E-state index in [0.29, 0.717) is 5.92 Å². The molecule has 1 N–H and O–H groups in total. The van der Waals surface area contributed by atoms with E-state index < -0.39 is 5.97 Å². The first-order valence-electron chi connectivity index (χ1n) is 3.49. The highest BCUT2D eigenvalue weighted by atomic mass is 32.1. The fourth-order valence-corrected chi connectivity index (χ4v) is 1.18. The van der Waals surface area contributed by atoms with E-state index in [1.54, 1.807) is 0 Å². The molecule has 0 rings (SSSR count). The van der Waals surface area contributed by atoms with Gasteiger partial charge < -0.3 is 5.11 Å². The average Bonchev–Trinajstić information content (AvgIpc) is 1.85. The van der Waals surface area contributed by atoms with Crippen molar-refractivity contribution in [1.29, 1.82) is 0 Å². The van der Waals surface area contributed by atoms with Crippen LogP contribution in [0.3, 0.4) is 0 Å². The molecule has 0 aliphatic heterocycles. The summed E-state index contributed by atoms with van der Waals surface area (Å²) in [7, 11) is 0. The molecule has 0 radical (unpaired) electrons. The van der Waals surface area contributed by atoms with E-state index in [9.17, 15) is 4.79 Å². The summed E-state index contributed by atoms with van der Waals surface area (Å²) in [5.74, 6) is 0.639. The van der Waals surface area contributed by atoms with Gasteiger partial charge in [-0.15, -0.1) is 0 Å². The fourth-order valence-electron chi connectivity index (χ4n) is 0.735. The van der Waals surface area contributed by atoms with Gasteiger partial charge in [0.15, 0.2) is 0 Å². The molecule has 0 aromatic rings. The summed E-state index contributed by atoms with van der Waals surface area (Å²) in [5, 5.41) is 8.31. The number of carbonyl (C=O) groups is 1. The van der Waals surface area contributed by atoms with Crippen molar-refractivity contribution in [2.45, 2.75) is 26.2 Å². The average molecular weight is 162 g/mol. The van der Waals surface area contributed by atoms with Crippen molar-refractivity contribution in [3.63, 3.8) is 0 Å². The van der Waals surface area contributed by atoms with E-state index in [1.165, 1.54) is 0 Å². The largest absolute Gasteiger partial charge is 0.481 e. The van der Waals surface area contributed by atoms with E-state index in [1.807, 2.05) is 0 Å². The standard InChI is InChI=1S/C7H14O2S/c1-6(4-5-10)2-3-7(8)9/h6,10H,2-5H2,1H3,(H,8,9)/t6-/m0/s1. The third kappa shape index (κ3) is 5.95. The number of hydrogen-bond donors (Lipinski definition) is 2. The lowest BCUT2D eigenvalue weighted by atomic mass is 10.0. The number of hydrogen-bond acceptors (Lipinski definition) is 2. The molecule has 2 nitrogen and oxygen atoms in total. The Bertz CT molecular complexity index is 104. The van der Waals surface area contributed by atoms with Gasteiger partial charge >= 0.3 is 5.97 Å². The number of carboxylic acid groups (broad SMARTS) is 1. The minimum atomic E-state index is -0.703. The number of aliphatic carboxylic acids is 1. The van der Waals surface area contributed by atoms with Gasteiger partial charge in [-0.05, 0) is 24.5 Å². The maximum Gasteiger partial charge on any atom is 0.303 e. The van der Waals surface area contributed by atoms with Crippen LogP contribution in [0.15, 0.2) is 0 Å². The van der Waals surface area contributed by atoms with Crippen LogP contribution in [-0.2, 0) is 4.79 Å². The summed E-state index contributed by atoms with van der Waals surface area (Å²) in [6, 6.07) is 0. The Balaban J connectivity index is 3.21. The third-order valence-electron chi connectivity index (χ3n) is 1.47. The molecule has 0 amide bonds. The van der Waals surface area contributed by atoms with Crippen LogP contribution in [0.25, 0.3) is 0 Å². The van der Waals surface area contributed by atoms with Gasteiger partial charge in [-0.1, -0.05) is 6.92 Å². The summed E-state index contributed by atoms with van der Waals surface area (Å²) in [4.78, 5) is 10.1. The molecule has 0 aromatic heterocycles.